The summed E-state index contributed by atoms with van der Waals surface area (Å²) in [6.45, 7) is 1.20. The lowest BCUT2D eigenvalue weighted by atomic mass is 9.93. The Bertz CT molecular complexity index is 404. The summed E-state index contributed by atoms with van der Waals surface area (Å²) in [6.07, 6.45) is 3.76. The van der Waals surface area contributed by atoms with Gasteiger partial charge in [-0.1, -0.05) is 11.6 Å². The lowest BCUT2D eigenvalue weighted by Crippen LogP contribution is -2.27. The molecule has 1 heterocycles. The number of anilines is 1. The largest absolute Gasteiger partial charge is 0.486 e. The van der Waals surface area contributed by atoms with E-state index in [1.54, 1.807) is 0 Å². The summed E-state index contributed by atoms with van der Waals surface area (Å²) in [5.74, 6) is 1.54. The van der Waals surface area contributed by atoms with Gasteiger partial charge in [0.25, 0.3) is 0 Å². The molecule has 0 saturated heterocycles. The summed E-state index contributed by atoms with van der Waals surface area (Å²) in [4.78, 5) is 0. The van der Waals surface area contributed by atoms with Crippen molar-refractivity contribution in [3.8, 4) is 11.5 Å². The highest BCUT2D eigenvalue weighted by atomic mass is 35.5. The molecule has 3 nitrogen and oxygen atoms in total. The molecule has 86 valence electrons. The molecular formula is C12H14ClNO2. The molecule has 1 saturated carbocycles. The minimum Gasteiger partial charge on any atom is -0.486 e. The zero-order valence-corrected chi connectivity index (χ0v) is 9.72. The molecule has 2 aliphatic rings. The number of ether oxygens (including phenoxy) is 2. The van der Waals surface area contributed by atoms with E-state index < -0.39 is 0 Å². The van der Waals surface area contributed by atoms with Gasteiger partial charge in [0.2, 0.25) is 0 Å². The summed E-state index contributed by atoms with van der Waals surface area (Å²) in [5, 5.41) is 4.13. The van der Waals surface area contributed by atoms with Crippen molar-refractivity contribution >= 4 is 17.3 Å². The zero-order valence-electron chi connectivity index (χ0n) is 8.96. The van der Waals surface area contributed by atoms with Crippen LogP contribution in [0.3, 0.4) is 0 Å². The van der Waals surface area contributed by atoms with Crippen molar-refractivity contribution in [1.82, 2.24) is 0 Å². The first kappa shape index (κ1) is 10.1. The smallest absolute Gasteiger partial charge is 0.163 e. The van der Waals surface area contributed by atoms with Crippen molar-refractivity contribution in [1.29, 1.82) is 0 Å². The Hall–Kier alpha value is -1.09. The van der Waals surface area contributed by atoms with Gasteiger partial charge in [-0.3, -0.25) is 0 Å². The third-order valence-corrected chi connectivity index (χ3v) is 3.41. The topological polar surface area (TPSA) is 30.5 Å². The van der Waals surface area contributed by atoms with Crippen LogP contribution < -0.4 is 14.8 Å². The Labute approximate surface area is 99.7 Å². The predicted molar refractivity (Wildman–Crippen MR) is 63.7 cm³/mol. The summed E-state index contributed by atoms with van der Waals surface area (Å²) < 4.78 is 11.0. The summed E-state index contributed by atoms with van der Waals surface area (Å²) in [7, 11) is 0. The van der Waals surface area contributed by atoms with Crippen LogP contribution in [0.1, 0.15) is 19.3 Å². The van der Waals surface area contributed by atoms with Gasteiger partial charge in [-0.15, -0.1) is 0 Å². The second-order valence-corrected chi connectivity index (χ2v) is 4.66. The number of nitrogens with one attached hydrogen (secondary N) is 1. The molecule has 1 aliphatic heterocycles. The number of fused-ring (bicyclic) bond motifs is 1. The molecule has 1 N–H and O–H groups in total. The Morgan fingerprint density at radius 1 is 1.12 bits per heavy atom. The maximum atomic E-state index is 6.19. The zero-order chi connectivity index (χ0) is 11.0. The number of hydrogen-bond donors (Lipinski definition) is 1. The lowest BCUT2D eigenvalue weighted by molar-refractivity contribution is 0.171. The predicted octanol–water partition coefficient (Wildman–Crippen LogP) is 3.08. The molecule has 0 bridgehead atoms. The monoisotopic (exact) mass is 239 g/mol. The molecule has 16 heavy (non-hydrogen) atoms. The van der Waals surface area contributed by atoms with Gasteiger partial charge in [-0.25, -0.2) is 0 Å². The third kappa shape index (κ3) is 1.80. The van der Waals surface area contributed by atoms with Crippen molar-refractivity contribution in [2.45, 2.75) is 25.3 Å². The highest BCUT2D eigenvalue weighted by molar-refractivity contribution is 6.33. The first-order valence-corrected chi connectivity index (χ1v) is 6.06. The summed E-state index contributed by atoms with van der Waals surface area (Å²) in [5.41, 5.74) is 0.954. The van der Waals surface area contributed by atoms with E-state index in [1.807, 2.05) is 12.1 Å². The van der Waals surface area contributed by atoms with Crippen LogP contribution in [-0.4, -0.2) is 19.3 Å². The number of halogens is 1. The average molecular weight is 240 g/mol. The van der Waals surface area contributed by atoms with Crippen LogP contribution in [0.15, 0.2) is 12.1 Å². The Morgan fingerprint density at radius 3 is 2.44 bits per heavy atom. The average Bonchev–Trinajstić information content (AvgIpc) is 2.23. The first-order valence-electron chi connectivity index (χ1n) is 5.68. The molecule has 0 unspecified atom stereocenters. The molecule has 1 aliphatic carbocycles. The molecular weight excluding hydrogens is 226 g/mol. The highest BCUT2D eigenvalue weighted by Gasteiger charge is 2.20. The van der Waals surface area contributed by atoms with E-state index in [-0.39, 0.29) is 0 Å². The van der Waals surface area contributed by atoms with E-state index >= 15 is 0 Å². The standard InChI is InChI=1S/C12H14ClNO2/c13-9-6-11-12(16-5-4-15-11)7-10(9)14-8-2-1-3-8/h6-8,14H,1-5H2. The molecule has 0 radical (unpaired) electrons. The van der Waals surface area contributed by atoms with Gasteiger partial charge in [0, 0.05) is 18.2 Å². The maximum Gasteiger partial charge on any atom is 0.163 e. The Kier molecular flexibility index (Phi) is 2.56. The molecule has 0 aromatic heterocycles. The van der Waals surface area contributed by atoms with Gasteiger partial charge in [-0.05, 0) is 19.3 Å². The SMILES string of the molecule is Clc1cc2c(cc1NC1CCC1)OCCO2. The van der Waals surface area contributed by atoms with E-state index in [1.165, 1.54) is 19.3 Å². The van der Waals surface area contributed by atoms with Crippen molar-refractivity contribution in [2.24, 2.45) is 0 Å². The number of hydrogen-bond acceptors (Lipinski definition) is 3. The second kappa shape index (κ2) is 4.06. The maximum absolute atomic E-state index is 6.19. The lowest BCUT2D eigenvalue weighted by Gasteiger charge is -2.29. The normalized spacial score (nSPS) is 19.1. The Balaban J connectivity index is 1.86. The van der Waals surface area contributed by atoms with Crippen LogP contribution in [0, 0.1) is 0 Å². The van der Waals surface area contributed by atoms with Gasteiger partial charge in [0.05, 0.1) is 10.7 Å². The molecule has 1 fully saturated rings. The minimum absolute atomic E-state index is 0.569. The van der Waals surface area contributed by atoms with Crippen LogP contribution in [0.2, 0.25) is 5.02 Å². The van der Waals surface area contributed by atoms with E-state index in [2.05, 4.69) is 5.32 Å². The summed E-state index contributed by atoms with van der Waals surface area (Å²) >= 11 is 6.19. The van der Waals surface area contributed by atoms with Gasteiger partial charge in [0.15, 0.2) is 11.5 Å². The molecule has 3 rings (SSSR count). The fourth-order valence-corrected chi connectivity index (χ4v) is 2.16. The van der Waals surface area contributed by atoms with Gasteiger partial charge >= 0.3 is 0 Å². The van der Waals surface area contributed by atoms with Gasteiger partial charge in [-0.2, -0.15) is 0 Å². The van der Waals surface area contributed by atoms with Crippen molar-refractivity contribution in [3.63, 3.8) is 0 Å². The number of rotatable bonds is 2. The first-order chi connectivity index (χ1) is 7.83. The van der Waals surface area contributed by atoms with Crippen molar-refractivity contribution in [2.75, 3.05) is 18.5 Å². The Morgan fingerprint density at radius 2 is 1.81 bits per heavy atom. The molecule has 0 atom stereocenters. The fourth-order valence-electron chi connectivity index (χ4n) is 1.95. The van der Waals surface area contributed by atoms with Crippen molar-refractivity contribution < 1.29 is 9.47 Å². The van der Waals surface area contributed by atoms with Crippen LogP contribution in [-0.2, 0) is 0 Å². The van der Waals surface area contributed by atoms with Crippen LogP contribution in [0.25, 0.3) is 0 Å². The molecule has 1 aromatic rings. The van der Waals surface area contributed by atoms with E-state index in [9.17, 15) is 0 Å². The van der Waals surface area contributed by atoms with E-state index in [0.717, 1.165) is 17.2 Å². The molecule has 0 amide bonds. The number of benzene rings is 1. The summed E-state index contributed by atoms with van der Waals surface area (Å²) in [6, 6.07) is 4.34. The second-order valence-electron chi connectivity index (χ2n) is 4.25. The molecule has 1 aromatic carbocycles. The van der Waals surface area contributed by atoms with Crippen LogP contribution in [0.5, 0.6) is 11.5 Å². The van der Waals surface area contributed by atoms with E-state index in [0.29, 0.717) is 24.3 Å². The van der Waals surface area contributed by atoms with Crippen LogP contribution >= 0.6 is 11.6 Å². The third-order valence-electron chi connectivity index (χ3n) is 3.10. The van der Waals surface area contributed by atoms with Crippen LogP contribution in [0.4, 0.5) is 5.69 Å². The van der Waals surface area contributed by atoms with Gasteiger partial charge < -0.3 is 14.8 Å². The van der Waals surface area contributed by atoms with Gasteiger partial charge in [0.1, 0.15) is 13.2 Å². The fraction of sp³-hybridized carbons (Fsp3) is 0.500. The molecule has 0 spiro atoms. The minimum atomic E-state index is 0.569. The van der Waals surface area contributed by atoms with E-state index in [4.69, 9.17) is 21.1 Å². The molecule has 4 heteroatoms. The highest BCUT2D eigenvalue weighted by Crippen LogP contribution is 2.39. The quantitative estimate of drug-likeness (QED) is 0.861. The van der Waals surface area contributed by atoms with Crippen molar-refractivity contribution in [3.05, 3.63) is 17.2 Å².